The molecule has 1 rings (SSSR count). The fourth-order valence-corrected chi connectivity index (χ4v) is 2.50. The Kier molecular flexibility index (Phi) is 4.72. The predicted octanol–water partition coefficient (Wildman–Crippen LogP) is 1.72. The van der Waals surface area contributed by atoms with Crippen molar-refractivity contribution >= 4 is 10.0 Å². The van der Waals surface area contributed by atoms with Crippen molar-refractivity contribution in [2.75, 3.05) is 13.7 Å². The van der Waals surface area contributed by atoms with Gasteiger partial charge in [0.1, 0.15) is 5.75 Å². The van der Waals surface area contributed by atoms with Crippen LogP contribution in [0.15, 0.2) is 35.7 Å². The van der Waals surface area contributed by atoms with Gasteiger partial charge in [-0.1, -0.05) is 13.0 Å². The lowest BCUT2D eigenvalue weighted by Gasteiger charge is -2.10. The van der Waals surface area contributed by atoms with E-state index in [0.717, 1.165) is 5.56 Å². The smallest absolute Gasteiger partial charge is 0.240 e. The quantitative estimate of drug-likeness (QED) is 0.787. The van der Waals surface area contributed by atoms with E-state index in [9.17, 15) is 8.42 Å². The molecule has 0 unspecified atom stereocenters. The molecule has 5 heteroatoms. The lowest BCUT2D eigenvalue weighted by Crippen LogP contribution is -2.23. The summed E-state index contributed by atoms with van der Waals surface area (Å²) < 4.78 is 31.3. The molecule has 0 aliphatic rings. The molecule has 0 spiro atoms. The highest BCUT2D eigenvalue weighted by molar-refractivity contribution is 7.89. The van der Waals surface area contributed by atoms with Gasteiger partial charge in [-0.25, -0.2) is 13.1 Å². The van der Waals surface area contributed by atoms with Crippen LogP contribution in [0.5, 0.6) is 5.75 Å². The Morgan fingerprint density at radius 1 is 1.47 bits per heavy atom. The molecule has 0 bridgehead atoms. The lowest BCUT2D eigenvalue weighted by molar-refractivity contribution is 0.409. The molecule has 0 aliphatic carbocycles. The number of hydrogen-bond acceptors (Lipinski definition) is 3. The largest absolute Gasteiger partial charge is 0.496 e. The number of nitrogens with one attached hydrogen (secondary N) is 1. The van der Waals surface area contributed by atoms with E-state index in [4.69, 9.17) is 4.74 Å². The molecular weight excluding hydrogens is 238 g/mol. The normalized spacial score (nSPS) is 11.2. The number of ether oxygens (including phenoxy) is 1. The predicted molar refractivity (Wildman–Crippen MR) is 67.8 cm³/mol. The number of methoxy groups -OCH3 is 1. The lowest BCUT2D eigenvalue weighted by atomic mass is 10.1. The minimum atomic E-state index is -3.46. The Labute approximate surface area is 102 Å². The second-order valence-electron chi connectivity index (χ2n) is 3.47. The van der Waals surface area contributed by atoms with Gasteiger partial charge in [0.05, 0.1) is 12.0 Å². The van der Waals surface area contributed by atoms with Crippen LogP contribution in [0.3, 0.4) is 0 Å². The Bertz CT molecular complexity index is 494. The first-order chi connectivity index (χ1) is 8.05. The summed E-state index contributed by atoms with van der Waals surface area (Å²) in [4.78, 5) is 0.247. The zero-order valence-corrected chi connectivity index (χ0v) is 10.9. The van der Waals surface area contributed by atoms with Crippen LogP contribution < -0.4 is 9.46 Å². The van der Waals surface area contributed by atoms with Gasteiger partial charge in [-0.05, 0) is 30.2 Å². The van der Waals surface area contributed by atoms with E-state index < -0.39 is 10.0 Å². The molecule has 17 heavy (non-hydrogen) atoms. The molecule has 1 N–H and O–H groups in total. The van der Waals surface area contributed by atoms with E-state index >= 15 is 0 Å². The van der Waals surface area contributed by atoms with Crippen molar-refractivity contribution in [3.05, 3.63) is 36.4 Å². The zero-order chi connectivity index (χ0) is 12.9. The van der Waals surface area contributed by atoms with Gasteiger partial charge in [0.25, 0.3) is 0 Å². The SMILES string of the molecule is C=CCNS(=O)(=O)c1ccc(OC)c(CC)c1. The Morgan fingerprint density at radius 3 is 2.71 bits per heavy atom. The summed E-state index contributed by atoms with van der Waals surface area (Å²) in [5, 5.41) is 0. The van der Waals surface area contributed by atoms with Crippen molar-refractivity contribution in [3.8, 4) is 5.75 Å². The van der Waals surface area contributed by atoms with Gasteiger partial charge >= 0.3 is 0 Å². The summed E-state index contributed by atoms with van der Waals surface area (Å²) in [6.07, 6.45) is 2.22. The van der Waals surface area contributed by atoms with Crippen LogP contribution >= 0.6 is 0 Å². The molecule has 0 saturated heterocycles. The molecule has 0 aromatic heterocycles. The van der Waals surface area contributed by atoms with Crippen molar-refractivity contribution in [2.24, 2.45) is 0 Å². The van der Waals surface area contributed by atoms with Crippen LogP contribution in [-0.2, 0) is 16.4 Å². The molecule has 0 radical (unpaired) electrons. The summed E-state index contributed by atoms with van der Waals surface area (Å²) in [6.45, 7) is 5.64. The fourth-order valence-electron chi connectivity index (χ4n) is 1.45. The van der Waals surface area contributed by atoms with E-state index in [0.29, 0.717) is 12.2 Å². The van der Waals surface area contributed by atoms with E-state index in [1.807, 2.05) is 6.92 Å². The third-order valence-electron chi connectivity index (χ3n) is 2.36. The minimum absolute atomic E-state index is 0.218. The van der Waals surface area contributed by atoms with Crippen molar-refractivity contribution in [3.63, 3.8) is 0 Å². The van der Waals surface area contributed by atoms with Gasteiger partial charge in [-0.2, -0.15) is 0 Å². The molecule has 0 atom stereocenters. The highest BCUT2D eigenvalue weighted by Gasteiger charge is 2.14. The summed E-state index contributed by atoms with van der Waals surface area (Å²) in [7, 11) is -1.89. The molecule has 0 amide bonds. The van der Waals surface area contributed by atoms with Crippen molar-refractivity contribution in [1.29, 1.82) is 0 Å². The number of hydrogen-bond donors (Lipinski definition) is 1. The first kappa shape index (κ1) is 13.7. The van der Waals surface area contributed by atoms with E-state index in [-0.39, 0.29) is 11.4 Å². The van der Waals surface area contributed by atoms with Crippen LogP contribution in [-0.4, -0.2) is 22.1 Å². The van der Waals surface area contributed by atoms with Crippen LogP contribution in [0.25, 0.3) is 0 Å². The molecule has 1 aromatic rings. The van der Waals surface area contributed by atoms with Gasteiger partial charge in [0.15, 0.2) is 0 Å². The topological polar surface area (TPSA) is 55.4 Å². The number of aryl methyl sites for hydroxylation is 1. The first-order valence-corrected chi connectivity index (χ1v) is 6.81. The van der Waals surface area contributed by atoms with Gasteiger partial charge in [0.2, 0.25) is 10.0 Å². The summed E-state index contributed by atoms with van der Waals surface area (Å²) in [5.41, 5.74) is 0.869. The maximum absolute atomic E-state index is 11.9. The first-order valence-electron chi connectivity index (χ1n) is 5.32. The van der Waals surface area contributed by atoms with Crippen molar-refractivity contribution < 1.29 is 13.2 Å². The highest BCUT2D eigenvalue weighted by Crippen LogP contribution is 2.22. The third kappa shape index (κ3) is 3.31. The van der Waals surface area contributed by atoms with Gasteiger partial charge < -0.3 is 4.74 Å². The molecule has 0 aliphatic heterocycles. The van der Waals surface area contributed by atoms with Gasteiger partial charge in [-0.3, -0.25) is 0 Å². The van der Waals surface area contributed by atoms with Crippen LogP contribution in [0, 0.1) is 0 Å². The molecule has 0 fully saturated rings. The van der Waals surface area contributed by atoms with E-state index in [1.54, 1.807) is 19.2 Å². The van der Waals surface area contributed by atoms with Gasteiger partial charge in [-0.15, -0.1) is 6.58 Å². The maximum atomic E-state index is 11.9. The van der Waals surface area contributed by atoms with Crippen LogP contribution in [0.1, 0.15) is 12.5 Å². The standard InChI is InChI=1S/C12H17NO3S/c1-4-8-13-17(14,15)11-6-7-12(16-3)10(5-2)9-11/h4,6-7,9,13H,1,5,8H2,2-3H3. The number of sulfonamides is 1. The molecular formula is C12H17NO3S. The molecule has 0 heterocycles. The molecule has 94 valence electrons. The summed E-state index contributed by atoms with van der Waals surface area (Å²) in [5.74, 6) is 0.704. The monoisotopic (exact) mass is 255 g/mol. The number of rotatable bonds is 6. The average molecular weight is 255 g/mol. The fraction of sp³-hybridized carbons (Fsp3) is 0.333. The molecule has 1 aromatic carbocycles. The second-order valence-corrected chi connectivity index (χ2v) is 5.23. The Morgan fingerprint density at radius 2 is 2.18 bits per heavy atom. The number of benzene rings is 1. The Hall–Kier alpha value is -1.33. The average Bonchev–Trinajstić information content (AvgIpc) is 2.35. The third-order valence-corrected chi connectivity index (χ3v) is 3.78. The molecule has 0 saturated carbocycles. The Balaban J connectivity index is 3.11. The van der Waals surface area contributed by atoms with Crippen molar-refractivity contribution in [2.45, 2.75) is 18.2 Å². The minimum Gasteiger partial charge on any atom is -0.496 e. The second kappa shape index (κ2) is 5.84. The summed E-state index contributed by atoms with van der Waals surface area (Å²) in [6, 6.07) is 4.83. The highest BCUT2D eigenvalue weighted by atomic mass is 32.2. The maximum Gasteiger partial charge on any atom is 0.240 e. The van der Waals surface area contributed by atoms with Gasteiger partial charge in [0, 0.05) is 6.54 Å². The summed E-state index contributed by atoms with van der Waals surface area (Å²) >= 11 is 0. The van der Waals surface area contributed by atoms with Crippen LogP contribution in [0.4, 0.5) is 0 Å². The van der Waals surface area contributed by atoms with Crippen molar-refractivity contribution in [1.82, 2.24) is 4.72 Å². The zero-order valence-electron chi connectivity index (χ0n) is 10.1. The van der Waals surface area contributed by atoms with E-state index in [2.05, 4.69) is 11.3 Å². The van der Waals surface area contributed by atoms with E-state index in [1.165, 1.54) is 12.1 Å². The molecule has 4 nitrogen and oxygen atoms in total. The van der Waals surface area contributed by atoms with Crippen LogP contribution in [0.2, 0.25) is 0 Å².